The van der Waals surface area contributed by atoms with Crippen LogP contribution < -0.4 is 10.2 Å². The lowest BCUT2D eigenvalue weighted by molar-refractivity contribution is -0.120. The maximum absolute atomic E-state index is 13.0. The van der Waals surface area contributed by atoms with E-state index in [9.17, 15) is 9.59 Å². The quantitative estimate of drug-likeness (QED) is 0.737. The van der Waals surface area contributed by atoms with E-state index >= 15 is 0 Å². The Labute approximate surface area is 161 Å². The van der Waals surface area contributed by atoms with E-state index in [-0.39, 0.29) is 11.8 Å². The summed E-state index contributed by atoms with van der Waals surface area (Å²) < 4.78 is 0. The Balaban J connectivity index is 1.68. The minimum absolute atomic E-state index is 0.207. The van der Waals surface area contributed by atoms with Gasteiger partial charge in [-0.2, -0.15) is 0 Å². The van der Waals surface area contributed by atoms with Gasteiger partial charge in [-0.15, -0.1) is 0 Å². The predicted octanol–water partition coefficient (Wildman–Crippen LogP) is 3.85. The number of anilines is 1. The lowest BCUT2D eigenvalue weighted by atomic mass is 10.0. The van der Waals surface area contributed by atoms with Gasteiger partial charge in [-0.3, -0.25) is 14.6 Å². The smallest absolute Gasteiger partial charge is 0.254 e. The number of rotatable bonds is 2. The van der Waals surface area contributed by atoms with Crippen LogP contribution in [-0.4, -0.2) is 23.8 Å². The average molecular weight is 378 g/mol. The van der Waals surface area contributed by atoms with E-state index in [0.29, 0.717) is 16.3 Å². The first-order valence-corrected chi connectivity index (χ1v) is 8.81. The zero-order valence-electron chi connectivity index (χ0n) is 14.5. The van der Waals surface area contributed by atoms with E-state index in [0.717, 1.165) is 16.7 Å². The molecule has 1 aliphatic rings. The van der Waals surface area contributed by atoms with Crippen LogP contribution >= 0.6 is 11.6 Å². The van der Waals surface area contributed by atoms with Gasteiger partial charge in [0.15, 0.2) is 0 Å². The van der Waals surface area contributed by atoms with Crippen LogP contribution in [0.2, 0.25) is 5.02 Å². The van der Waals surface area contributed by atoms with Crippen LogP contribution in [0.25, 0.3) is 11.1 Å². The van der Waals surface area contributed by atoms with Crippen molar-refractivity contribution in [1.82, 2.24) is 10.3 Å². The Morgan fingerprint density at radius 3 is 2.33 bits per heavy atom. The van der Waals surface area contributed by atoms with E-state index in [1.54, 1.807) is 37.6 Å². The highest BCUT2D eigenvalue weighted by Crippen LogP contribution is 2.30. The topological polar surface area (TPSA) is 62.3 Å². The second-order valence-electron chi connectivity index (χ2n) is 6.32. The van der Waals surface area contributed by atoms with Crippen molar-refractivity contribution in [2.45, 2.75) is 6.04 Å². The molecule has 6 heteroatoms. The van der Waals surface area contributed by atoms with Crippen molar-refractivity contribution in [3.8, 4) is 11.1 Å². The first kappa shape index (κ1) is 17.2. The minimum Gasteiger partial charge on any atom is -0.336 e. The van der Waals surface area contributed by atoms with Crippen LogP contribution in [0.3, 0.4) is 0 Å². The summed E-state index contributed by atoms with van der Waals surface area (Å²) in [5, 5.41) is 3.27. The molecule has 1 N–H and O–H groups in total. The molecule has 0 saturated carbocycles. The predicted molar refractivity (Wildman–Crippen MR) is 105 cm³/mol. The average Bonchev–Trinajstić information content (AvgIpc) is 2.79. The highest BCUT2D eigenvalue weighted by molar-refractivity contribution is 6.31. The summed E-state index contributed by atoms with van der Waals surface area (Å²) in [6.07, 6.45) is 3.46. The molecule has 2 heterocycles. The molecule has 0 bridgehead atoms. The van der Waals surface area contributed by atoms with Crippen molar-refractivity contribution in [2.75, 3.05) is 11.9 Å². The molecule has 0 saturated heterocycles. The van der Waals surface area contributed by atoms with Gasteiger partial charge >= 0.3 is 0 Å². The molecule has 27 heavy (non-hydrogen) atoms. The van der Waals surface area contributed by atoms with E-state index in [1.807, 2.05) is 36.4 Å². The van der Waals surface area contributed by atoms with Crippen molar-refractivity contribution in [1.29, 1.82) is 0 Å². The van der Waals surface area contributed by atoms with Crippen molar-refractivity contribution in [2.24, 2.45) is 0 Å². The van der Waals surface area contributed by atoms with Crippen LogP contribution in [0, 0.1) is 0 Å². The van der Waals surface area contributed by atoms with Gasteiger partial charge < -0.3 is 10.2 Å². The van der Waals surface area contributed by atoms with Crippen molar-refractivity contribution < 1.29 is 9.59 Å². The molecule has 0 radical (unpaired) electrons. The largest absolute Gasteiger partial charge is 0.336 e. The van der Waals surface area contributed by atoms with E-state index < -0.39 is 6.04 Å². The Bertz CT molecular complexity index is 1020. The van der Waals surface area contributed by atoms with Gasteiger partial charge in [0.2, 0.25) is 0 Å². The van der Waals surface area contributed by atoms with E-state index in [4.69, 9.17) is 11.6 Å². The Morgan fingerprint density at radius 1 is 0.963 bits per heavy atom. The number of hydrogen-bond acceptors (Lipinski definition) is 3. The third-order valence-corrected chi connectivity index (χ3v) is 4.91. The fourth-order valence-electron chi connectivity index (χ4n) is 3.20. The number of carbonyl (C=O) groups excluding carboxylic acids is 2. The van der Waals surface area contributed by atoms with Gasteiger partial charge in [-0.1, -0.05) is 35.9 Å². The number of nitrogens with one attached hydrogen (secondary N) is 1. The molecule has 0 fully saturated rings. The van der Waals surface area contributed by atoms with Gasteiger partial charge in [0.1, 0.15) is 6.04 Å². The maximum Gasteiger partial charge on any atom is 0.254 e. The van der Waals surface area contributed by atoms with Crippen LogP contribution in [0.1, 0.15) is 22.0 Å². The summed E-state index contributed by atoms with van der Waals surface area (Å²) in [5.41, 5.74) is 3.69. The molecule has 134 valence electrons. The van der Waals surface area contributed by atoms with Gasteiger partial charge in [-0.25, -0.2) is 0 Å². The van der Waals surface area contributed by atoms with Crippen molar-refractivity contribution in [3.05, 3.63) is 83.1 Å². The number of nitrogens with zero attached hydrogens (tertiary/aromatic N) is 2. The summed E-state index contributed by atoms with van der Waals surface area (Å²) in [4.78, 5) is 31.1. The number of likely N-dealkylation sites (N-methyl/N-ethyl adjacent to an activating group) is 1. The molecular weight excluding hydrogens is 362 g/mol. The number of carbonyl (C=O) groups is 2. The van der Waals surface area contributed by atoms with Crippen LogP contribution in [0.5, 0.6) is 0 Å². The summed E-state index contributed by atoms with van der Waals surface area (Å²) in [7, 11) is 1.66. The minimum atomic E-state index is -0.764. The Morgan fingerprint density at radius 2 is 1.63 bits per heavy atom. The highest BCUT2D eigenvalue weighted by atomic mass is 35.5. The SMILES string of the molecule is CN1C(=O)C(c2ccc(-c3ccncc3)cc2)NC(=O)c2cc(Cl)ccc21. The van der Waals surface area contributed by atoms with Crippen molar-refractivity contribution >= 4 is 29.1 Å². The molecule has 4 rings (SSSR count). The molecule has 1 aromatic heterocycles. The molecule has 2 amide bonds. The third kappa shape index (κ3) is 3.17. The highest BCUT2D eigenvalue weighted by Gasteiger charge is 2.32. The van der Waals surface area contributed by atoms with Crippen LogP contribution in [-0.2, 0) is 4.79 Å². The second-order valence-corrected chi connectivity index (χ2v) is 6.76. The Kier molecular flexibility index (Phi) is 4.38. The molecule has 3 aromatic rings. The monoisotopic (exact) mass is 377 g/mol. The number of halogens is 1. The second kappa shape index (κ2) is 6.85. The lowest BCUT2D eigenvalue weighted by Crippen LogP contribution is -2.37. The first-order chi connectivity index (χ1) is 13.0. The van der Waals surface area contributed by atoms with E-state index in [2.05, 4.69) is 10.3 Å². The van der Waals surface area contributed by atoms with E-state index in [1.165, 1.54) is 4.90 Å². The summed E-state index contributed by atoms with van der Waals surface area (Å²) in [6.45, 7) is 0. The fraction of sp³-hybridized carbons (Fsp3) is 0.0952. The van der Waals surface area contributed by atoms with Gasteiger partial charge in [0, 0.05) is 24.5 Å². The third-order valence-electron chi connectivity index (χ3n) is 4.68. The van der Waals surface area contributed by atoms with Crippen LogP contribution in [0.4, 0.5) is 5.69 Å². The van der Waals surface area contributed by atoms with Gasteiger partial charge in [0.25, 0.3) is 11.8 Å². The van der Waals surface area contributed by atoms with Crippen LogP contribution in [0.15, 0.2) is 67.0 Å². The maximum atomic E-state index is 13.0. The standard InChI is InChI=1S/C21H16ClN3O2/c1-25-18-7-6-16(22)12-17(18)20(26)24-19(21(25)27)15-4-2-13(3-5-15)14-8-10-23-11-9-14/h2-12,19H,1H3,(H,24,26). The first-order valence-electron chi connectivity index (χ1n) is 8.43. The summed E-state index contributed by atoms with van der Waals surface area (Å²) >= 11 is 6.02. The molecular formula is C21H16ClN3O2. The molecule has 0 aliphatic carbocycles. The normalized spacial score (nSPS) is 16.5. The summed E-state index contributed by atoms with van der Waals surface area (Å²) in [5.74, 6) is -0.533. The number of benzene rings is 2. The molecule has 1 aliphatic heterocycles. The molecule has 1 atom stereocenters. The summed E-state index contributed by atoms with van der Waals surface area (Å²) in [6, 6.07) is 15.6. The number of pyridine rings is 1. The lowest BCUT2D eigenvalue weighted by Gasteiger charge is -2.21. The fourth-order valence-corrected chi connectivity index (χ4v) is 3.38. The number of amides is 2. The molecule has 0 spiro atoms. The Hall–Kier alpha value is -3.18. The number of hydrogen-bond donors (Lipinski definition) is 1. The number of aromatic nitrogens is 1. The van der Waals surface area contributed by atoms with Gasteiger partial charge in [0.05, 0.1) is 11.3 Å². The zero-order chi connectivity index (χ0) is 19.0. The molecule has 5 nitrogen and oxygen atoms in total. The van der Waals surface area contributed by atoms with Gasteiger partial charge in [-0.05, 0) is 47.0 Å². The molecule has 2 aromatic carbocycles. The zero-order valence-corrected chi connectivity index (χ0v) is 15.3. The van der Waals surface area contributed by atoms with Crippen molar-refractivity contribution in [3.63, 3.8) is 0 Å². The number of fused-ring (bicyclic) bond motifs is 1. The molecule has 1 unspecified atom stereocenters.